The number of aromatic nitrogens is 1. The van der Waals surface area contributed by atoms with Crippen LogP contribution in [0.5, 0.6) is 0 Å². The van der Waals surface area contributed by atoms with Crippen molar-refractivity contribution >= 4 is 16.7 Å². The molecule has 1 aromatic heterocycles. The molecule has 20 heavy (non-hydrogen) atoms. The summed E-state index contributed by atoms with van der Waals surface area (Å²) in [6.45, 7) is 3.92. The van der Waals surface area contributed by atoms with Gasteiger partial charge in [-0.15, -0.1) is 0 Å². The third-order valence-electron chi connectivity index (χ3n) is 3.48. The number of benzene rings is 2. The van der Waals surface area contributed by atoms with Crippen LogP contribution in [-0.2, 0) is 0 Å². The van der Waals surface area contributed by atoms with Gasteiger partial charge >= 0.3 is 0 Å². The summed E-state index contributed by atoms with van der Waals surface area (Å²) in [4.78, 5) is 17.0. The Bertz CT molecular complexity index is 805. The largest absolute Gasteiger partial charge is 0.289 e. The van der Waals surface area contributed by atoms with Gasteiger partial charge in [0.25, 0.3) is 0 Å². The summed E-state index contributed by atoms with van der Waals surface area (Å²) in [5.74, 6) is 0.0607. The van der Waals surface area contributed by atoms with Crippen LogP contribution in [0.3, 0.4) is 0 Å². The fraction of sp³-hybridized carbons (Fsp3) is 0.111. The fourth-order valence-corrected chi connectivity index (χ4v) is 2.35. The van der Waals surface area contributed by atoms with E-state index >= 15 is 0 Å². The average Bonchev–Trinajstić information content (AvgIpc) is 2.46. The highest BCUT2D eigenvalue weighted by molar-refractivity contribution is 6.11. The van der Waals surface area contributed by atoms with E-state index in [4.69, 9.17) is 0 Å². The smallest absolute Gasteiger partial charge is 0.193 e. The van der Waals surface area contributed by atoms with Crippen molar-refractivity contribution in [2.24, 2.45) is 0 Å². The Morgan fingerprint density at radius 2 is 1.75 bits per heavy atom. The summed E-state index contributed by atoms with van der Waals surface area (Å²) in [6.07, 6.45) is 0. The highest BCUT2D eigenvalue weighted by Crippen LogP contribution is 2.19. The molecule has 0 N–H and O–H groups in total. The molecular formula is C18H15NO. The minimum absolute atomic E-state index is 0.0607. The topological polar surface area (TPSA) is 30.0 Å². The second-order valence-electron chi connectivity index (χ2n) is 5.00. The first-order chi connectivity index (χ1) is 9.65. The molecule has 2 nitrogen and oxygen atoms in total. The molecule has 3 aromatic rings. The molecule has 0 spiro atoms. The lowest BCUT2D eigenvalue weighted by Gasteiger charge is -2.06. The molecule has 0 amide bonds. The van der Waals surface area contributed by atoms with E-state index < -0.39 is 0 Å². The number of aryl methyl sites for hydroxylation is 2. The normalized spacial score (nSPS) is 10.7. The van der Waals surface area contributed by atoms with Crippen LogP contribution in [0.1, 0.15) is 27.2 Å². The van der Waals surface area contributed by atoms with Gasteiger partial charge in [-0.2, -0.15) is 0 Å². The van der Waals surface area contributed by atoms with Crippen LogP contribution in [0, 0.1) is 13.8 Å². The van der Waals surface area contributed by atoms with Crippen molar-refractivity contribution in [2.75, 3.05) is 0 Å². The highest BCUT2D eigenvalue weighted by atomic mass is 16.1. The third-order valence-corrected chi connectivity index (χ3v) is 3.48. The Kier molecular flexibility index (Phi) is 3.07. The van der Waals surface area contributed by atoms with Gasteiger partial charge in [-0.05, 0) is 43.7 Å². The minimum Gasteiger partial charge on any atom is -0.289 e. The van der Waals surface area contributed by atoms with Crippen molar-refractivity contribution in [2.45, 2.75) is 13.8 Å². The second-order valence-corrected chi connectivity index (χ2v) is 5.00. The molecule has 0 aliphatic heterocycles. The summed E-state index contributed by atoms with van der Waals surface area (Å²) in [5, 5.41) is 0.995. The number of carbonyl (C=O) groups excluding carboxylic acids is 1. The molecule has 0 saturated carbocycles. The lowest BCUT2D eigenvalue weighted by Crippen LogP contribution is -2.03. The number of fused-ring (bicyclic) bond motifs is 1. The van der Waals surface area contributed by atoms with Crippen molar-refractivity contribution in [3.63, 3.8) is 0 Å². The standard InChI is InChI=1S/C18H15NO/c1-12-5-3-4-6-16(12)18(20)15-9-10-17-14(11-15)8-7-13(2)19-17/h3-11H,1-2H3. The van der Waals surface area contributed by atoms with Gasteiger partial charge in [-0.25, -0.2) is 0 Å². The molecule has 1 heterocycles. The number of nitrogens with zero attached hydrogens (tertiary/aromatic N) is 1. The van der Waals surface area contributed by atoms with Crippen molar-refractivity contribution in [1.82, 2.24) is 4.98 Å². The molecule has 0 atom stereocenters. The molecule has 0 saturated heterocycles. The zero-order valence-corrected chi connectivity index (χ0v) is 11.6. The Hall–Kier alpha value is -2.48. The number of rotatable bonds is 2. The van der Waals surface area contributed by atoms with Gasteiger partial charge in [-0.3, -0.25) is 9.78 Å². The van der Waals surface area contributed by atoms with Crippen molar-refractivity contribution in [3.8, 4) is 0 Å². The van der Waals surface area contributed by atoms with Gasteiger partial charge in [0.15, 0.2) is 5.78 Å². The summed E-state index contributed by atoms with van der Waals surface area (Å²) >= 11 is 0. The van der Waals surface area contributed by atoms with E-state index in [1.54, 1.807) is 0 Å². The number of hydrogen-bond donors (Lipinski definition) is 0. The van der Waals surface area contributed by atoms with Crippen LogP contribution in [-0.4, -0.2) is 10.8 Å². The van der Waals surface area contributed by atoms with Gasteiger partial charge in [0.1, 0.15) is 0 Å². The molecule has 0 bridgehead atoms. The predicted molar refractivity (Wildman–Crippen MR) is 81.1 cm³/mol. The first kappa shape index (κ1) is 12.5. The van der Waals surface area contributed by atoms with Crippen LogP contribution < -0.4 is 0 Å². The Morgan fingerprint density at radius 3 is 2.55 bits per heavy atom. The van der Waals surface area contributed by atoms with Gasteiger partial charge in [0.05, 0.1) is 5.52 Å². The van der Waals surface area contributed by atoms with Crippen LogP contribution in [0.15, 0.2) is 54.6 Å². The van der Waals surface area contributed by atoms with Gasteiger partial charge in [0.2, 0.25) is 0 Å². The average molecular weight is 261 g/mol. The van der Waals surface area contributed by atoms with Crippen LogP contribution >= 0.6 is 0 Å². The monoisotopic (exact) mass is 261 g/mol. The first-order valence-corrected chi connectivity index (χ1v) is 6.63. The van der Waals surface area contributed by atoms with E-state index in [0.717, 1.165) is 27.7 Å². The number of hydrogen-bond acceptors (Lipinski definition) is 2. The van der Waals surface area contributed by atoms with E-state index in [9.17, 15) is 4.79 Å². The lowest BCUT2D eigenvalue weighted by molar-refractivity contribution is 0.103. The highest BCUT2D eigenvalue weighted by Gasteiger charge is 2.11. The third kappa shape index (κ3) is 2.21. The molecule has 0 aliphatic rings. The summed E-state index contributed by atoms with van der Waals surface area (Å²) in [6, 6.07) is 17.3. The Morgan fingerprint density at radius 1 is 0.950 bits per heavy atom. The van der Waals surface area contributed by atoms with E-state index in [2.05, 4.69) is 4.98 Å². The number of pyridine rings is 1. The van der Waals surface area contributed by atoms with Crippen LogP contribution in [0.4, 0.5) is 0 Å². The number of carbonyl (C=O) groups is 1. The maximum absolute atomic E-state index is 12.6. The predicted octanol–water partition coefficient (Wildman–Crippen LogP) is 4.08. The SMILES string of the molecule is Cc1ccc2cc(C(=O)c3ccccc3C)ccc2n1. The second kappa shape index (κ2) is 4.89. The van der Waals surface area contributed by atoms with E-state index in [1.165, 1.54) is 0 Å². The lowest BCUT2D eigenvalue weighted by atomic mass is 9.98. The maximum atomic E-state index is 12.6. The quantitative estimate of drug-likeness (QED) is 0.650. The molecule has 0 unspecified atom stereocenters. The Labute approximate surface area is 118 Å². The van der Waals surface area contributed by atoms with Gasteiger partial charge < -0.3 is 0 Å². The van der Waals surface area contributed by atoms with Crippen LogP contribution in [0.25, 0.3) is 10.9 Å². The van der Waals surface area contributed by atoms with E-state index in [0.29, 0.717) is 5.56 Å². The van der Waals surface area contributed by atoms with Crippen LogP contribution in [0.2, 0.25) is 0 Å². The molecule has 98 valence electrons. The number of ketones is 1. The van der Waals surface area contributed by atoms with Crippen molar-refractivity contribution in [1.29, 1.82) is 0 Å². The molecular weight excluding hydrogens is 246 g/mol. The zero-order chi connectivity index (χ0) is 14.1. The molecule has 0 fully saturated rings. The van der Waals surface area contributed by atoms with Gasteiger partial charge in [-0.1, -0.05) is 30.3 Å². The Balaban J connectivity index is 2.09. The molecule has 0 aliphatic carbocycles. The molecule has 2 aromatic carbocycles. The summed E-state index contributed by atoms with van der Waals surface area (Å²) in [7, 11) is 0. The molecule has 0 radical (unpaired) electrons. The summed E-state index contributed by atoms with van der Waals surface area (Å²) < 4.78 is 0. The van der Waals surface area contributed by atoms with E-state index in [-0.39, 0.29) is 5.78 Å². The van der Waals surface area contributed by atoms with Gasteiger partial charge in [0, 0.05) is 22.2 Å². The van der Waals surface area contributed by atoms with Crippen molar-refractivity contribution < 1.29 is 4.79 Å². The molecule has 3 rings (SSSR count). The minimum atomic E-state index is 0.0607. The summed E-state index contributed by atoms with van der Waals surface area (Å²) in [5.41, 5.74) is 4.37. The van der Waals surface area contributed by atoms with Crippen molar-refractivity contribution in [3.05, 3.63) is 77.0 Å². The maximum Gasteiger partial charge on any atom is 0.193 e. The zero-order valence-electron chi connectivity index (χ0n) is 11.6. The molecule has 2 heteroatoms. The fourth-order valence-electron chi connectivity index (χ4n) is 2.35. The van der Waals surface area contributed by atoms with E-state index in [1.807, 2.05) is 68.4 Å². The first-order valence-electron chi connectivity index (χ1n) is 6.63.